The summed E-state index contributed by atoms with van der Waals surface area (Å²) in [5.74, 6) is -3.43. The molecule has 2 aromatic carbocycles. The molecule has 3 amide bonds. The van der Waals surface area contributed by atoms with Gasteiger partial charge in [-0.05, 0) is 41.0 Å². The summed E-state index contributed by atoms with van der Waals surface area (Å²) in [6, 6.07) is 15.0. The summed E-state index contributed by atoms with van der Waals surface area (Å²) >= 11 is 0. The second-order valence-electron chi connectivity index (χ2n) is 12.2. The third-order valence-electron chi connectivity index (χ3n) is 7.03. The van der Waals surface area contributed by atoms with Crippen molar-refractivity contribution in [2.45, 2.75) is 58.1 Å². The number of esters is 1. The number of aliphatic hydroxyl groups is 1. The van der Waals surface area contributed by atoms with Gasteiger partial charge in [0.05, 0.1) is 16.4 Å². The van der Waals surface area contributed by atoms with E-state index in [2.05, 4.69) is 10.6 Å². The van der Waals surface area contributed by atoms with E-state index < -0.39 is 45.1 Å². The lowest BCUT2D eigenvalue weighted by Gasteiger charge is -2.32. The maximum absolute atomic E-state index is 12.5. The van der Waals surface area contributed by atoms with Crippen LogP contribution in [-0.4, -0.2) is 74.5 Å². The van der Waals surface area contributed by atoms with Crippen molar-refractivity contribution in [3.8, 4) is 0 Å². The van der Waals surface area contributed by atoms with Gasteiger partial charge in [0.2, 0.25) is 11.8 Å². The predicted octanol–water partition coefficient (Wildman–Crippen LogP) is 2.35. The number of hydrogen-bond acceptors (Lipinski definition) is 9. The minimum Gasteiger partial charge on any atom is -0.457 e. The molecule has 246 valence electrons. The molecule has 5 N–H and O–H groups in total. The summed E-state index contributed by atoms with van der Waals surface area (Å²) in [6.07, 6.45) is -0.308. The lowest BCUT2D eigenvalue weighted by molar-refractivity contribution is -0.147. The van der Waals surface area contributed by atoms with Crippen LogP contribution < -0.4 is 16.1 Å². The first-order chi connectivity index (χ1) is 20.9. The van der Waals surface area contributed by atoms with Crippen molar-refractivity contribution in [3.63, 3.8) is 0 Å². The molecule has 12 nitrogen and oxygen atoms in total. The molecule has 0 saturated carbocycles. The first-order valence-electron chi connectivity index (χ1n) is 14.3. The predicted molar refractivity (Wildman–Crippen MR) is 168 cm³/mol. The van der Waals surface area contributed by atoms with E-state index >= 15 is 0 Å². The number of likely N-dealkylation sites (N-methyl/N-ethyl adjacent to an activating group) is 1. The van der Waals surface area contributed by atoms with E-state index in [0.717, 1.165) is 16.7 Å². The van der Waals surface area contributed by atoms with E-state index in [4.69, 9.17) is 9.94 Å². The maximum Gasteiger partial charge on any atom is 0.339 e. The van der Waals surface area contributed by atoms with E-state index in [0.29, 0.717) is 5.57 Å². The largest absolute Gasteiger partial charge is 0.457 e. The fourth-order valence-electron chi connectivity index (χ4n) is 4.64. The summed E-state index contributed by atoms with van der Waals surface area (Å²) in [5.41, 5.74) is 3.69. The smallest absolute Gasteiger partial charge is 0.339 e. The highest BCUT2D eigenvalue weighted by molar-refractivity contribution is 7.90. The fourth-order valence-corrected chi connectivity index (χ4v) is 5.27. The van der Waals surface area contributed by atoms with Gasteiger partial charge in [-0.2, -0.15) is 0 Å². The summed E-state index contributed by atoms with van der Waals surface area (Å²) in [5, 5.41) is 23.7. The second kappa shape index (κ2) is 15.8. The standard InChI is InChI=1S/C17H14O4S.C15H29N3O5/c1-22(19,20)14-9-7-12(8-10-14)15-11-21-17(18)16(15)13-5-3-2-4-6-13;1-8(2)7-9(10(19)13(21)18-23)12(20)17-11(14(22)16-6)15(3,4)5/h2-10H,11H2,1H3;8-11,19,23H,7H2,1-6H3,(H,16,22)(H,17,20)(H,18,21)/t;9-,10+,11-/m.1/s1. The average Bonchev–Trinajstić information content (AvgIpc) is 3.38. The molecule has 1 heterocycles. The van der Waals surface area contributed by atoms with Gasteiger partial charge in [0.25, 0.3) is 5.91 Å². The number of rotatable bonds is 10. The number of cyclic esters (lactones) is 1. The number of hydrogen-bond donors (Lipinski definition) is 5. The van der Waals surface area contributed by atoms with Crippen molar-refractivity contribution >= 4 is 44.7 Å². The molecular formula is C32H43N3O9S. The van der Waals surface area contributed by atoms with Crippen LogP contribution in [0.5, 0.6) is 0 Å². The molecule has 0 radical (unpaired) electrons. The minimum atomic E-state index is -3.23. The van der Waals surface area contributed by atoms with Crippen LogP contribution in [0.3, 0.4) is 0 Å². The number of benzene rings is 2. The van der Waals surface area contributed by atoms with Crippen LogP contribution in [0, 0.1) is 17.3 Å². The Balaban J connectivity index is 0.000000313. The van der Waals surface area contributed by atoms with E-state index in [1.165, 1.54) is 18.8 Å². The fraction of sp³-hybridized carbons (Fsp3) is 0.438. The zero-order valence-corrected chi connectivity index (χ0v) is 27.4. The normalized spacial score (nSPS) is 15.3. The number of sulfone groups is 1. The van der Waals surface area contributed by atoms with Gasteiger partial charge in [-0.3, -0.25) is 19.6 Å². The first kappa shape index (κ1) is 37.1. The highest BCUT2D eigenvalue weighted by atomic mass is 32.2. The Morgan fingerprint density at radius 2 is 1.51 bits per heavy atom. The van der Waals surface area contributed by atoms with Gasteiger partial charge in [0.15, 0.2) is 9.84 Å². The quantitative estimate of drug-likeness (QED) is 0.147. The van der Waals surface area contributed by atoms with Crippen molar-refractivity contribution in [1.82, 2.24) is 16.1 Å². The van der Waals surface area contributed by atoms with E-state index in [9.17, 15) is 32.7 Å². The highest BCUT2D eigenvalue weighted by Gasteiger charge is 2.38. The zero-order chi connectivity index (χ0) is 34.1. The molecule has 3 atom stereocenters. The summed E-state index contributed by atoms with van der Waals surface area (Å²) in [4.78, 5) is 48.2. The van der Waals surface area contributed by atoms with Gasteiger partial charge in [-0.15, -0.1) is 0 Å². The van der Waals surface area contributed by atoms with Crippen LogP contribution in [0.25, 0.3) is 11.1 Å². The number of aliphatic hydroxyl groups excluding tert-OH is 1. The van der Waals surface area contributed by atoms with Crippen LogP contribution in [0.2, 0.25) is 0 Å². The van der Waals surface area contributed by atoms with E-state index in [1.807, 2.05) is 44.2 Å². The molecule has 0 aromatic heterocycles. The molecular weight excluding hydrogens is 602 g/mol. The first-order valence-corrected chi connectivity index (χ1v) is 16.2. The summed E-state index contributed by atoms with van der Waals surface area (Å²) in [7, 11) is -1.77. The van der Waals surface area contributed by atoms with Gasteiger partial charge in [0.1, 0.15) is 18.8 Å². The lowest BCUT2D eigenvalue weighted by Crippen LogP contribution is -2.56. The Kier molecular flexibility index (Phi) is 13.0. The average molecular weight is 646 g/mol. The van der Waals surface area contributed by atoms with Gasteiger partial charge in [-0.1, -0.05) is 77.1 Å². The van der Waals surface area contributed by atoms with Gasteiger partial charge in [0, 0.05) is 18.9 Å². The third kappa shape index (κ3) is 10.2. The number of carbonyl (C=O) groups excluding carboxylic acids is 4. The maximum atomic E-state index is 12.5. The minimum absolute atomic E-state index is 0.0278. The van der Waals surface area contributed by atoms with Crippen LogP contribution in [0.1, 0.15) is 52.2 Å². The molecule has 3 rings (SSSR count). The Labute approximate surface area is 264 Å². The van der Waals surface area contributed by atoms with Gasteiger partial charge in [-0.25, -0.2) is 18.7 Å². The van der Waals surface area contributed by atoms with Gasteiger partial charge >= 0.3 is 5.97 Å². The van der Waals surface area contributed by atoms with Crippen LogP contribution >= 0.6 is 0 Å². The number of ether oxygens (including phenoxy) is 1. The molecule has 2 aromatic rings. The van der Waals surface area contributed by atoms with Crippen molar-refractivity contribution in [2.24, 2.45) is 17.3 Å². The Morgan fingerprint density at radius 3 is 1.98 bits per heavy atom. The Morgan fingerprint density at radius 1 is 0.933 bits per heavy atom. The van der Waals surface area contributed by atoms with Crippen molar-refractivity contribution < 1.29 is 42.6 Å². The molecule has 1 aliphatic rings. The highest BCUT2D eigenvalue weighted by Crippen LogP contribution is 2.33. The summed E-state index contributed by atoms with van der Waals surface area (Å²) in [6.45, 7) is 9.25. The van der Waals surface area contributed by atoms with Crippen molar-refractivity contribution in [3.05, 3.63) is 65.7 Å². The van der Waals surface area contributed by atoms with Crippen molar-refractivity contribution in [2.75, 3.05) is 19.9 Å². The number of carbonyl (C=O) groups is 4. The van der Waals surface area contributed by atoms with Crippen molar-refractivity contribution in [1.29, 1.82) is 0 Å². The molecule has 0 bridgehead atoms. The number of nitrogens with one attached hydrogen (secondary N) is 3. The third-order valence-corrected chi connectivity index (χ3v) is 8.16. The molecule has 0 unspecified atom stereocenters. The molecule has 1 aliphatic heterocycles. The molecule has 0 aliphatic carbocycles. The topological polar surface area (TPSA) is 188 Å². The van der Waals surface area contributed by atoms with Crippen LogP contribution in [0.4, 0.5) is 0 Å². The number of amides is 3. The second-order valence-corrected chi connectivity index (χ2v) is 14.2. The van der Waals surface area contributed by atoms with E-state index in [-0.39, 0.29) is 35.7 Å². The molecule has 0 fully saturated rings. The Bertz CT molecular complexity index is 1500. The van der Waals surface area contributed by atoms with Crippen LogP contribution in [0.15, 0.2) is 59.5 Å². The Hall–Kier alpha value is -4.07. The van der Waals surface area contributed by atoms with Gasteiger partial charge < -0.3 is 20.5 Å². The molecule has 0 spiro atoms. The van der Waals surface area contributed by atoms with E-state index in [1.54, 1.807) is 45.0 Å². The summed E-state index contributed by atoms with van der Waals surface area (Å²) < 4.78 is 28.2. The SMILES string of the molecule is CNC(=O)[C@@H](NC(=O)[C@H](CC(C)C)[C@H](O)C(=O)NO)C(C)(C)C.CS(=O)(=O)c1ccc(C2=C(c3ccccc3)C(=O)OC2)cc1. The molecule has 0 saturated heterocycles. The van der Waals surface area contributed by atoms with Crippen LogP contribution in [-0.2, 0) is 33.8 Å². The number of hydroxylamine groups is 1. The molecule has 45 heavy (non-hydrogen) atoms. The lowest BCUT2D eigenvalue weighted by atomic mass is 9.84. The molecule has 13 heteroatoms. The zero-order valence-electron chi connectivity index (χ0n) is 26.6. The monoisotopic (exact) mass is 645 g/mol.